The van der Waals surface area contributed by atoms with Crippen LogP contribution in [0.3, 0.4) is 0 Å². The molecule has 1 aromatic carbocycles. The van der Waals surface area contributed by atoms with Crippen molar-refractivity contribution in [2.24, 2.45) is 0 Å². The van der Waals surface area contributed by atoms with Crippen LogP contribution in [0.5, 0.6) is 0 Å². The summed E-state index contributed by atoms with van der Waals surface area (Å²) in [5.74, 6) is 1.15. The van der Waals surface area contributed by atoms with E-state index >= 15 is 0 Å². The van der Waals surface area contributed by atoms with Gasteiger partial charge in [-0.1, -0.05) is 26.8 Å². The van der Waals surface area contributed by atoms with E-state index in [0.717, 1.165) is 50.2 Å². The van der Waals surface area contributed by atoms with E-state index in [1.54, 1.807) is 6.33 Å². The van der Waals surface area contributed by atoms with Gasteiger partial charge in [-0.15, -0.1) is 0 Å². The molecule has 5 rings (SSSR count). The maximum atomic E-state index is 12.7. The fraction of sp³-hybridized carbons (Fsp3) is 0.500. The smallest absolute Gasteiger partial charge is 0.223 e. The maximum absolute atomic E-state index is 12.7. The highest BCUT2D eigenvalue weighted by molar-refractivity contribution is 5.92. The van der Waals surface area contributed by atoms with Crippen molar-refractivity contribution >= 4 is 22.5 Å². The van der Waals surface area contributed by atoms with Gasteiger partial charge in [0.25, 0.3) is 0 Å². The SMILES string of the molecule is CCN(C)CCC(=O)N1CCC(c2ccc3[nH]c(-c4cn5ncnc5c(C)c4C)c(C(C)C)c3c2)CC1. The van der Waals surface area contributed by atoms with Crippen LogP contribution in [-0.4, -0.2) is 68.5 Å². The Labute approximate surface area is 219 Å². The van der Waals surface area contributed by atoms with Gasteiger partial charge in [-0.05, 0) is 86.5 Å². The Kier molecular flexibility index (Phi) is 7.08. The van der Waals surface area contributed by atoms with Crippen LogP contribution in [0.2, 0.25) is 0 Å². The Morgan fingerprint density at radius 2 is 1.95 bits per heavy atom. The van der Waals surface area contributed by atoms with Crippen molar-refractivity contribution in [1.82, 2.24) is 29.4 Å². The van der Waals surface area contributed by atoms with Crippen LogP contribution in [0, 0.1) is 13.8 Å². The number of benzene rings is 1. The van der Waals surface area contributed by atoms with Gasteiger partial charge < -0.3 is 14.8 Å². The summed E-state index contributed by atoms with van der Waals surface area (Å²) >= 11 is 0. The highest BCUT2D eigenvalue weighted by Crippen LogP contribution is 2.40. The number of carbonyl (C=O) groups excluding carboxylic acids is 1. The molecule has 0 saturated carbocycles. The van der Waals surface area contributed by atoms with Gasteiger partial charge in [0, 0.05) is 48.7 Å². The van der Waals surface area contributed by atoms with Gasteiger partial charge in [0.05, 0.1) is 5.69 Å². The van der Waals surface area contributed by atoms with Gasteiger partial charge in [0.1, 0.15) is 6.33 Å². The average Bonchev–Trinajstić information content (AvgIpc) is 3.53. The lowest BCUT2D eigenvalue weighted by atomic mass is 9.87. The third-order valence-electron chi connectivity index (χ3n) is 8.40. The fourth-order valence-electron chi connectivity index (χ4n) is 5.82. The van der Waals surface area contributed by atoms with Crippen molar-refractivity contribution in [3.8, 4) is 11.3 Å². The Morgan fingerprint density at radius 1 is 1.19 bits per heavy atom. The molecule has 1 saturated heterocycles. The first-order valence-corrected chi connectivity index (χ1v) is 13.7. The molecule has 37 heavy (non-hydrogen) atoms. The third kappa shape index (κ3) is 4.77. The summed E-state index contributed by atoms with van der Waals surface area (Å²) in [6.45, 7) is 14.5. The number of pyridine rings is 1. The molecule has 4 aromatic rings. The van der Waals surface area contributed by atoms with Crippen molar-refractivity contribution in [2.45, 2.75) is 65.7 Å². The molecule has 1 fully saturated rings. The number of hydrogen-bond acceptors (Lipinski definition) is 4. The highest BCUT2D eigenvalue weighted by Gasteiger charge is 2.25. The molecule has 1 amide bonds. The largest absolute Gasteiger partial charge is 0.354 e. The number of amides is 1. The summed E-state index contributed by atoms with van der Waals surface area (Å²) in [7, 11) is 2.07. The normalized spacial score (nSPS) is 15.1. The Bertz CT molecular complexity index is 1420. The summed E-state index contributed by atoms with van der Waals surface area (Å²) < 4.78 is 1.88. The second kappa shape index (κ2) is 10.3. The first-order chi connectivity index (χ1) is 17.8. The van der Waals surface area contributed by atoms with Crippen LogP contribution < -0.4 is 0 Å². The van der Waals surface area contributed by atoms with E-state index in [2.05, 4.69) is 90.9 Å². The number of nitrogens with one attached hydrogen (secondary N) is 1. The monoisotopic (exact) mass is 500 g/mol. The Morgan fingerprint density at radius 3 is 2.65 bits per heavy atom. The lowest BCUT2D eigenvalue weighted by molar-refractivity contribution is -0.132. The molecular weight excluding hydrogens is 460 g/mol. The van der Waals surface area contributed by atoms with E-state index in [1.165, 1.54) is 38.9 Å². The summed E-state index contributed by atoms with van der Waals surface area (Å²) in [5, 5.41) is 5.72. The third-order valence-corrected chi connectivity index (χ3v) is 8.40. The second-order valence-electron chi connectivity index (χ2n) is 11.0. The van der Waals surface area contributed by atoms with E-state index in [9.17, 15) is 4.79 Å². The van der Waals surface area contributed by atoms with E-state index in [4.69, 9.17) is 0 Å². The van der Waals surface area contributed by atoms with Crippen LogP contribution in [0.25, 0.3) is 27.8 Å². The number of rotatable bonds is 7. The van der Waals surface area contributed by atoms with Crippen molar-refractivity contribution in [2.75, 3.05) is 33.2 Å². The lowest BCUT2D eigenvalue weighted by Gasteiger charge is -2.32. The number of H-pyrrole nitrogens is 1. The van der Waals surface area contributed by atoms with Crippen LogP contribution in [0.1, 0.15) is 74.1 Å². The zero-order valence-corrected chi connectivity index (χ0v) is 23.1. The Balaban J connectivity index is 1.42. The summed E-state index contributed by atoms with van der Waals surface area (Å²) in [6.07, 6.45) is 6.39. The van der Waals surface area contributed by atoms with Crippen molar-refractivity contribution in [3.05, 3.63) is 53.0 Å². The number of hydrogen-bond donors (Lipinski definition) is 1. The Hall–Kier alpha value is -3.19. The van der Waals surface area contributed by atoms with Gasteiger partial charge in [0.2, 0.25) is 5.91 Å². The van der Waals surface area contributed by atoms with Crippen LogP contribution in [-0.2, 0) is 4.79 Å². The summed E-state index contributed by atoms with van der Waals surface area (Å²) in [6, 6.07) is 6.93. The van der Waals surface area contributed by atoms with Crippen molar-refractivity contribution in [3.63, 3.8) is 0 Å². The number of aryl methyl sites for hydroxylation is 1. The maximum Gasteiger partial charge on any atom is 0.223 e. The van der Waals surface area contributed by atoms with Crippen molar-refractivity contribution in [1.29, 1.82) is 0 Å². The summed E-state index contributed by atoms with van der Waals surface area (Å²) in [4.78, 5) is 25.1. The van der Waals surface area contributed by atoms with Crippen LogP contribution >= 0.6 is 0 Å². The number of nitrogens with zero attached hydrogens (tertiary/aromatic N) is 5. The molecule has 0 spiro atoms. The van der Waals surface area contributed by atoms with Crippen molar-refractivity contribution < 1.29 is 4.79 Å². The number of carbonyl (C=O) groups is 1. The van der Waals surface area contributed by atoms with Crippen LogP contribution in [0.4, 0.5) is 0 Å². The van der Waals surface area contributed by atoms with Gasteiger partial charge in [0.15, 0.2) is 5.65 Å². The van der Waals surface area contributed by atoms with Gasteiger partial charge >= 0.3 is 0 Å². The molecule has 1 aliphatic rings. The highest BCUT2D eigenvalue weighted by atomic mass is 16.2. The molecule has 0 atom stereocenters. The quantitative estimate of drug-likeness (QED) is 0.355. The second-order valence-corrected chi connectivity index (χ2v) is 11.0. The standard InChI is InChI=1S/C30H40N6O/c1-7-34(6)13-12-27(37)35-14-10-22(11-15-35)23-8-9-26-24(16-23)28(19(2)3)29(33-26)25-17-36-30(31-18-32-36)21(5)20(25)4/h8-9,16-19,22,33H,7,10-15H2,1-6H3. The molecule has 0 unspecified atom stereocenters. The number of aromatic nitrogens is 4. The molecule has 1 N–H and O–H groups in total. The molecule has 7 nitrogen and oxygen atoms in total. The van der Waals surface area contributed by atoms with Crippen LogP contribution in [0.15, 0.2) is 30.7 Å². The number of likely N-dealkylation sites (tertiary alicyclic amines) is 1. The minimum Gasteiger partial charge on any atom is -0.354 e. The van der Waals surface area contributed by atoms with E-state index < -0.39 is 0 Å². The predicted molar refractivity (Wildman–Crippen MR) is 150 cm³/mol. The number of piperidine rings is 1. The zero-order chi connectivity index (χ0) is 26.3. The zero-order valence-electron chi connectivity index (χ0n) is 23.1. The minimum absolute atomic E-state index is 0.293. The van der Waals surface area contributed by atoms with E-state index in [0.29, 0.717) is 24.2 Å². The first kappa shape index (κ1) is 25.5. The fourth-order valence-corrected chi connectivity index (χ4v) is 5.82. The molecule has 0 radical (unpaired) electrons. The lowest BCUT2D eigenvalue weighted by Crippen LogP contribution is -2.39. The van der Waals surface area contributed by atoms with E-state index in [1.807, 2.05) is 4.52 Å². The average molecular weight is 501 g/mol. The molecule has 3 aromatic heterocycles. The molecule has 1 aliphatic heterocycles. The molecular formula is C30H40N6O. The molecule has 0 aliphatic carbocycles. The number of fused-ring (bicyclic) bond motifs is 2. The molecule has 196 valence electrons. The van der Waals surface area contributed by atoms with Gasteiger partial charge in [-0.25, -0.2) is 9.50 Å². The first-order valence-electron chi connectivity index (χ1n) is 13.7. The van der Waals surface area contributed by atoms with Gasteiger partial charge in [-0.2, -0.15) is 5.10 Å². The predicted octanol–water partition coefficient (Wildman–Crippen LogP) is 5.67. The molecule has 7 heteroatoms. The molecule has 4 heterocycles. The summed E-state index contributed by atoms with van der Waals surface area (Å²) in [5.41, 5.74) is 9.57. The van der Waals surface area contributed by atoms with Gasteiger partial charge in [-0.3, -0.25) is 4.79 Å². The molecule has 0 bridgehead atoms. The van der Waals surface area contributed by atoms with E-state index in [-0.39, 0.29) is 0 Å². The topological polar surface area (TPSA) is 69.5 Å². The minimum atomic E-state index is 0.293. The number of aromatic amines is 1.